The first kappa shape index (κ1) is 24.1. The van der Waals surface area contributed by atoms with Crippen LogP contribution in [0.5, 0.6) is 5.75 Å². The van der Waals surface area contributed by atoms with Gasteiger partial charge in [-0.05, 0) is 29.9 Å². The van der Waals surface area contributed by atoms with E-state index in [9.17, 15) is 18.6 Å². The molecule has 30 heavy (non-hydrogen) atoms. The zero-order valence-electron chi connectivity index (χ0n) is 17.4. The average molecular weight is 458 g/mol. The summed E-state index contributed by atoms with van der Waals surface area (Å²) in [5, 5.41) is 23.1. The molecule has 9 nitrogen and oxygen atoms in total. The number of anilines is 2. The van der Waals surface area contributed by atoms with Crippen LogP contribution in [0, 0.1) is 5.92 Å². The van der Waals surface area contributed by atoms with E-state index in [1.807, 2.05) is 20.8 Å². The van der Waals surface area contributed by atoms with E-state index in [1.54, 1.807) is 18.2 Å². The molecule has 4 N–H and O–H groups in total. The molecule has 0 spiro atoms. The molecule has 0 saturated heterocycles. The van der Waals surface area contributed by atoms with Crippen molar-refractivity contribution in [1.82, 2.24) is 15.0 Å². The minimum atomic E-state index is -3.59. The summed E-state index contributed by atoms with van der Waals surface area (Å²) in [6.45, 7) is 5.81. The third kappa shape index (κ3) is 7.26. The van der Waals surface area contributed by atoms with Crippen molar-refractivity contribution in [2.45, 2.75) is 45.6 Å². The van der Waals surface area contributed by atoms with Crippen molar-refractivity contribution < 1.29 is 18.6 Å². The first-order chi connectivity index (χ1) is 14.0. The molecule has 0 bridgehead atoms. The van der Waals surface area contributed by atoms with Gasteiger partial charge in [-0.1, -0.05) is 44.5 Å². The molecule has 0 fully saturated rings. The normalized spacial score (nSPS) is 13.8. The van der Waals surface area contributed by atoms with E-state index in [0.717, 1.165) is 6.26 Å². The maximum absolute atomic E-state index is 11.7. The number of para-hydroxylation sites is 1. The van der Waals surface area contributed by atoms with Gasteiger partial charge in [0, 0.05) is 6.42 Å². The lowest BCUT2D eigenvalue weighted by Crippen LogP contribution is -2.27. The van der Waals surface area contributed by atoms with Gasteiger partial charge in [-0.3, -0.25) is 4.72 Å². The number of aliphatic hydroxyl groups is 1. The summed E-state index contributed by atoms with van der Waals surface area (Å²) < 4.78 is 25.6. The van der Waals surface area contributed by atoms with E-state index in [1.165, 1.54) is 0 Å². The first-order valence-electron chi connectivity index (χ1n) is 9.56. The van der Waals surface area contributed by atoms with Crippen molar-refractivity contribution in [1.29, 1.82) is 0 Å². The molecule has 2 aromatic rings. The van der Waals surface area contributed by atoms with Crippen LogP contribution in [0.2, 0.25) is 5.02 Å². The number of benzene rings is 1. The molecule has 11 heteroatoms. The monoisotopic (exact) mass is 457 g/mol. The van der Waals surface area contributed by atoms with Gasteiger partial charge in [0.2, 0.25) is 21.9 Å². The maximum Gasteiger partial charge on any atom is 0.241 e. The SMILES string of the molecule is CC(C)CC(CO)Nc1nc(CC(C)c2cccc(Cl)c2O)nc(NS(C)(=O)=O)n1. The fourth-order valence-electron chi connectivity index (χ4n) is 3.03. The third-order valence-corrected chi connectivity index (χ3v) is 5.16. The Kier molecular flexibility index (Phi) is 8.22. The highest BCUT2D eigenvalue weighted by Gasteiger charge is 2.18. The van der Waals surface area contributed by atoms with Gasteiger partial charge in [0.15, 0.2) is 0 Å². The summed E-state index contributed by atoms with van der Waals surface area (Å²) in [5.41, 5.74) is 0.628. The molecule has 2 unspecified atom stereocenters. The lowest BCUT2D eigenvalue weighted by Gasteiger charge is -2.19. The zero-order valence-corrected chi connectivity index (χ0v) is 19.0. The Labute approximate surface area is 182 Å². The Morgan fingerprint density at radius 2 is 1.80 bits per heavy atom. The van der Waals surface area contributed by atoms with Crippen molar-refractivity contribution in [2.24, 2.45) is 5.92 Å². The van der Waals surface area contributed by atoms with Crippen LogP contribution in [0.15, 0.2) is 18.2 Å². The quantitative estimate of drug-likeness (QED) is 0.427. The van der Waals surface area contributed by atoms with Crippen molar-refractivity contribution in [3.63, 3.8) is 0 Å². The second kappa shape index (κ2) is 10.2. The van der Waals surface area contributed by atoms with Crippen LogP contribution in [-0.4, -0.2) is 52.5 Å². The third-order valence-electron chi connectivity index (χ3n) is 4.31. The Morgan fingerprint density at radius 3 is 2.40 bits per heavy atom. The van der Waals surface area contributed by atoms with E-state index in [4.69, 9.17) is 11.6 Å². The number of nitrogens with zero attached hydrogens (tertiary/aromatic N) is 3. The van der Waals surface area contributed by atoms with Crippen LogP contribution in [0.3, 0.4) is 0 Å². The van der Waals surface area contributed by atoms with Crippen LogP contribution < -0.4 is 10.0 Å². The minimum absolute atomic E-state index is 0.00849. The van der Waals surface area contributed by atoms with Crippen LogP contribution in [0.4, 0.5) is 11.9 Å². The minimum Gasteiger partial charge on any atom is -0.506 e. The number of sulfonamides is 1. The van der Waals surface area contributed by atoms with Gasteiger partial charge >= 0.3 is 0 Å². The fourth-order valence-corrected chi connectivity index (χ4v) is 3.64. The van der Waals surface area contributed by atoms with Crippen LogP contribution in [0.1, 0.15) is 44.5 Å². The molecule has 0 radical (unpaired) electrons. The summed E-state index contributed by atoms with van der Waals surface area (Å²) in [6, 6.07) is 4.80. The number of hydrogen-bond acceptors (Lipinski definition) is 8. The van der Waals surface area contributed by atoms with Crippen molar-refractivity contribution in [2.75, 3.05) is 22.9 Å². The van der Waals surface area contributed by atoms with E-state index >= 15 is 0 Å². The predicted octanol–water partition coefficient (Wildman–Crippen LogP) is 2.77. The number of phenols is 1. The van der Waals surface area contributed by atoms with E-state index in [2.05, 4.69) is 25.0 Å². The summed E-state index contributed by atoms with van der Waals surface area (Å²) in [7, 11) is -3.59. The van der Waals surface area contributed by atoms with Crippen LogP contribution in [0.25, 0.3) is 0 Å². The van der Waals surface area contributed by atoms with Crippen molar-refractivity contribution in [3.05, 3.63) is 34.6 Å². The lowest BCUT2D eigenvalue weighted by atomic mass is 9.96. The Balaban J connectivity index is 2.34. The number of halogens is 1. The molecule has 1 aromatic heterocycles. The largest absolute Gasteiger partial charge is 0.506 e. The number of hydrogen-bond donors (Lipinski definition) is 4. The molecule has 1 aromatic carbocycles. The molecule has 0 aliphatic carbocycles. The highest BCUT2D eigenvalue weighted by Crippen LogP contribution is 2.33. The van der Waals surface area contributed by atoms with Gasteiger partial charge < -0.3 is 15.5 Å². The molecule has 166 valence electrons. The highest BCUT2D eigenvalue weighted by molar-refractivity contribution is 7.91. The predicted molar refractivity (Wildman–Crippen MR) is 117 cm³/mol. The molecule has 1 heterocycles. The van der Waals surface area contributed by atoms with Crippen LogP contribution >= 0.6 is 11.6 Å². The first-order valence-corrected chi connectivity index (χ1v) is 11.8. The van der Waals surface area contributed by atoms with Gasteiger partial charge in [-0.15, -0.1) is 0 Å². The standard InChI is InChI=1S/C19H28ClN5O4S/c1-11(2)8-13(10-26)21-18-22-16(23-19(24-18)25-30(4,28)29)9-12(3)14-6-5-7-15(20)17(14)27/h5-7,11-13,26-27H,8-10H2,1-4H3,(H2,21,22,23,24,25). The second-order valence-electron chi connectivity index (χ2n) is 7.71. The Morgan fingerprint density at radius 1 is 1.13 bits per heavy atom. The number of phenolic OH excluding ortho intramolecular Hbond substituents is 1. The molecular weight excluding hydrogens is 430 g/mol. The number of aromatic hydroxyl groups is 1. The summed E-state index contributed by atoms with van der Waals surface area (Å²) in [6.07, 6.45) is 1.99. The maximum atomic E-state index is 11.7. The number of nitrogens with one attached hydrogen (secondary N) is 2. The molecule has 0 aliphatic rings. The molecule has 2 rings (SSSR count). The van der Waals surface area contributed by atoms with Gasteiger partial charge in [0.25, 0.3) is 0 Å². The van der Waals surface area contributed by atoms with Gasteiger partial charge in [0.05, 0.1) is 23.9 Å². The van der Waals surface area contributed by atoms with E-state index < -0.39 is 10.0 Å². The van der Waals surface area contributed by atoms with Crippen molar-refractivity contribution >= 4 is 33.5 Å². The topological polar surface area (TPSA) is 137 Å². The molecule has 0 amide bonds. The highest BCUT2D eigenvalue weighted by atomic mass is 35.5. The van der Waals surface area contributed by atoms with Gasteiger partial charge in [0.1, 0.15) is 11.6 Å². The zero-order chi connectivity index (χ0) is 22.5. The Bertz CT molecular complexity index is 971. The van der Waals surface area contributed by atoms with Gasteiger partial charge in [-0.2, -0.15) is 15.0 Å². The summed E-state index contributed by atoms with van der Waals surface area (Å²) >= 11 is 6.00. The van der Waals surface area contributed by atoms with Crippen LogP contribution in [-0.2, 0) is 16.4 Å². The molecule has 0 aliphatic heterocycles. The average Bonchev–Trinajstić information content (AvgIpc) is 2.61. The van der Waals surface area contributed by atoms with Gasteiger partial charge in [-0.25, -0.2) is 8.42 Å². The van der Waals surface area contributed by atoms with E-state index in [0.29, 0.717) is 30.1 Å². The Hall–Kier alpha value is -2.17. The molecular formula is C19H28ClN5O4S. The molecule has 2 atom stereocenters. The number of aromatic nitrogens is 3. The number of aliphatic hydroxyl groups excluding tert-OH is 1. The van der Waals surface area contributed by atoms with Crippen molar-refractivity contribution in [3.8, 4) is 5.75 Å². The summed E-state index contributed by atoms with van der Waals surface area (Å²) in [5.74, 6) is 0.490. The van der Waals surface area contributed by atoms with E-state index in [-0.39, 0.29) is 41.2 Å². The molecule has 0 saturated carbocycles. The smallest absolute Gasteiger partial charge is 0.241 e. The second-order valence-corrected chi connectivity index (χ2v) is 9.86. The number of rotatable bonds is 10. The summed E-state index contributed by atoms with van der Waals surface area (Å²) in [4.78, 5) is 12.7. The fraction of sp³-hybridized carbons (Fsp3) is 0.526. The lowest BCUT2D eigenvalue weighted by molar-refractivity contribution is 0.259.